The quantitative estimate of drug-likeness (QED) is 0.376. The topological polar surface area (TPSA) is 42.4 Å². The molecule has 0 fully saturated rings. The molecule has 0 aromatic heterocycles. The third kappa shape index (κ3) is 4.37. The number of nitrogens with zero attached hydrogens (tertiary/aromatic N) is 5. The largest absolute Gasteiger partial charge is 0.416 e. The van der Waals surface area contributed by atoms with E-state index < -0.39 is 17.8 Å². The highest BCUT2D eigenvalue weighted by Crippen LogP contribution is 2.48. The van der Waals surface area contributed by atoms with E-state index >= 15 is 0 Å². The first-order valence-corrected chi connectivity index (χ1v) is 14.1. The Morgan fingerprint density at radius 1 is 1.13 bits per heavy atom. The normalized spacial score (nSPS) is 19.7. The van der Waals surface area contributed by atoms with Crippen LogP contribution in [0, 0.1) is 0 Å². The number of carbonyl (C=O) groups excluding carboxylic acids is 1. The van der Waals surface area contributed by atoms with E-state index in [2.05, 4.69) is 29.7 Å². The van der Waals surface area contributed by atoms with Crippen molar-refractivity contribution in [1.29, 1.82) is 0 Å². The molecule has 1 atom stereocenters. The van der Waals surface area contributed by atoms with Gasteiger partial charge in [0.15, 0.2) is 5.82 Å². The van der Waals surface area contributed by atoms with Crippen LogP contribution in [0.15, 0.2) is 100 Å². The number of fused-ring (bicyclic) bond motifs is 4. The van der Waals surface area contributed by atoms with Crippen molar-refractivity contribution in [2.24, 2.45) is 5.10 Å². The van der Waals surface area contributed by atoms with Crippen LogP contribution in [0.3, 0.4) is 0 Å². The number of halogens is 4. The van der Waals surface area contributed by atoms with Crippen LogP contribution < -0.4 is 4.90 Å². The van der Waals surface area contributed by atoms with Crippen molar-refractivity contribution in [2.45, 2.75) is 19.1 Å². The predicted molar refractivity (Wildman–Crippen MR) is 150 cm³/mol. The summed E-state index contributed by atoms with van der Waals surface area (Å²) >= 11 is 6.58. The molecule has 39 heavy (non-hydrogen) atoms. The van der Waals surface area contributed by atoms with E-state index in [0.29, 0.717) is 16.4 Å². The van der Waals surface area contributed by atoms with Gasteiger partial charge >= 0.3 is 12.2 Å². The molecule has 3 heterocycles. The third-order valence-electron chi connectivity index (χ3n) is 6.89. The van der Waals surface area contributed by atoms with Gasteiger partial charge in [-0.2, -0.15) is 23.3 Å². The van der Waals surface area contributed by atoms with Gasteiger partial charge in [-0.3, -0.25) is 4.90 Å². The SMILES string of the molecule is CN(Cc1ccc(C(F)(F)F)cc1)C(=O)N1N=CN2C1=CN(c1ccccc1Cl)C=C1C3=C(C=CC3)S(C)=C12. The number of benzene rings is 2. The Bertz CT molecular complexity index is 1570. The smallest absolute Gasteiger partial charge is 0.322 e. The fraction of sp³-hybridized carbons (Fsp3) is 0.179. The van der Waals surface area contributed by atoms with Crippen molar-refractivity contribution in [3.63, 3.8) is 0 Å². The van der Waals surface area contributed by atoms with E-state index in [-0.39, 0.29) is 17.0 Å². The fourth-order valence-corrected chi connectivity index (χ4v) is 7.22. The molecule has 6 rings (SSSR count). The number of hydrogen-bond acceptors (Lipinski definition) is 4. The van der Waals surface area contributed by atoms with Crippen LogP contribution in [-0.4, -0.2) is 45.5 Å². The summed E-state index contributed by atoms with van der Waals surface area (Å²) in [6.07, 6.45) is 8.44. The van der Waals surface area contributed by atoms with Gasteiger partial charge in [-0.15, -0.1) is 10.5 Å². The number of amides is 2. The summed E-state index contributed by atoms with van der Waals surface area (Å²) in [7, 11) is 1.35. The molecular weight excluding hydrogens is 547 g/mol. The number of anilines is 1. The highest BCUT2D eigenvalue weighted by molar-refractivity contribution is 8.19. The molecule has 3 aliphatic heterocycles. The number of alkyl halides is 3. The molecule has 2 aromatic carbocycles. The molecule has 4 aliphatic rings. The number of carbonyl (C=O) groups is 1. The highest BCUT2D eigenvalue weighted by atomic mass is 35.5. The van der Waals surface area contributed by atoms with Crippen LogP contribution in [0.4, 0.5) is 23.7 Å². The molecule has 0 radical (unpaired) electrons. The molecule has 1 aliphatic carbocycles. The summed E-state index contributed by atoms with van der Waals surface area (Å²) in [5.41, 5.74) is 2.92. The first-order chi connectivity index (χ1) is 18.6. The van der Waals surface area contributed by atoms with Crippen LogP contribution in [-0.2, 0) is 12.7 Å². The maximum absolute atomic E-state index is 13.6. The third-order valence-corrected chi connectivity index (χ3v) is 9.25. The van der Waals surface area contributed by atoms with Crippen molar-refractivity contribution < 1.29 is 18.0 Å². The average Bonchev–Trinajstić information content (AvgIpc) is 3.57. The van der Waals surface area contributed by atoms with Crippen molar-refractivity contribution >= 4 is 45.1 Å². The van der Waals surface area contributed by atoms with Crippen LogP contribution in [0.25, 0.3) is 0 Å². The van der Waals surface area contributed by atoms with Crippen LogP contribution >= 0.6 is 22.1 Å². The average molecular weight is 570 g/mol. The van der Waals surface area contributed by atoms with Crippen molar-refractivity contribution in [3.8, 4) is 0 Å². The minimum absolute atomic E-state index is 0.114. The van der Waals surface area contributed by atoms with E-state index in [0.717, 1.165) is 34.8 Å². The summed E-state index contributed by atoms with van der Waals surface area (Å²) in [5.74, 6) is 0.532. The monoisotopic (exact) mass is 569 g/mol. The Balaban J connectivity index is 1.34. The number of urea groups is 1. The molecule has 2 aromatic rings. The Kier molecular flexibility index (Phi) is 6.19. The molecule has 11 heteroatoms. The Morgan fingerprint density at radius 3 is 2.59 bits per heavy atom. The maximum Gasteiger partial charge on any atom is 0.416 e. The van der Waals surface area contributed by atoms with Crippen LogP contribution in [0.1, 0.15) is 17.5 Å². The summed E-state index contributed by atoms with van der Waals surface area (Å²) in [4.78, 5) is 21.2. The molecule has 0 saturated carbocycles. The molecule has 200 valence electrons. The summed E-state index contributed by atoms with van der Waals surface area (Å²) in [6, 6.07) is 11.9. The Hall–Kier alpha value is -3.76. The first kappa shape index (κ1) is 25.5. The number of allylic oxidation sites excluding steroid dienone is 2. The number of para-hydroxylation sites is 1. The van der Waals surface area contributed by atoms with E-state index in [1.165, 1.54) is 32.5 Å². The van der Waals surface area contributed by atoms with Crippen LogP contribution in [0.2, 0.25) is 5.02 Å². The first-order valence-electron chi connectivity index (χ1n) is 12.1. The molecule has 0 N–H and O–H groups in total. The van der Waals surface area contributed by atoms with Gasteiger partial charge in [0.1, 0.15) is 6.34 Å². The van der Waals surface area contributed by atoms with Crippen molar-refractivity contribution in [3.05, 3.63) is 111 Å². The number of rotatable bonds is 3. The summed E-state index contributed by atoms with van der Waals surface area (Å²) in [6.45, 7) is 0.114. The summed E-state index contributed by atoms with van der Waals surface area (Å²) in [5, 5.41) is 6.33. The Labute approximate surface area is 231 Å². The van der Waals surface area contributed by atoms with Crippen molar-refractivity contribution in [2.75, 3.05) is 18.2 Å². The van der Waals surface area contributed by atoms with Crippen LogP contribution in [0.5, 0.6) is 0 Å². The molecule has 0 saturated heterocycles. The molecule has 0 bridgehead atoms. The van der Waals surface area contributed by atoms with Gasteiger partial charge in [0.05, 0.1) is 27.5 Å². The van der Waals surface area contributed by atoms with Gasteiger partial charge in [-0.1, -0.05) is 48.0 Å². The zero-order chi connectivity index (χ0) is 27.5. The van der Waals surface area contributed by atoms with E-state index in [4.69, 9.17) is 11.6 Å². The molecule has 1 unspecified atom stereocenters. The van der Waals surface area contributed by atoms with Gasteiger partial charge in [-0.05, 0) is 48.1 Å². The lowest BCUT2D eigenvalue weighted by molar-refractivity contribution is -0.137. The van der Waals surface area contributed by atoms with Crippen molar-refractivity contribution in [1.82, 2.24) is 14.8 Å². The standard InChI is InChI=1S/C28H23ClF3N5OS/c1-34(14-18-10-12-19(13-11-18)28(30,31)32)27(38)37-25-16-35(23-8-4-3-7-22(23)29)15-21-20-6-5-9-24(20)39(2)26(21)36(25)17-33-37/h3-5,7-13,15-17H,6,14H2,1-2H3. The second kappa shape index (κ2) is 9.46. The molecule has 2 amide bonds. The summed E-state index contributed by atoms with van der Waals surface area (Å²) < 4.78 is 38.9. The predicted octanol–water partition coefficient (Wildman–Crippen LogP) is 6.93. The lowest BCUT2D eigenvalue weighted by atomic mass is 10.1. The van der Waals surface area contributed by atoms with Gasteiger partial charge < -0.3 is 9.80 Å². The zero-order valence-corrected chi connectivity index (χ0v) is 22.6. The highest BCUT2D eigenvalue weighted by Gasteiger charge is 2.40. The molecular formula is C28H23ClF3N5OS. The number of hydrogen-bond donors (Lipinski definition) is 0. The van der Waals surface area contributed by atoms with E-state index in [1.807, 2.05) is 40.3 Å². The lowest BCUT2D eigenvalue weighted by Gasteiger charge is -2.27. The lowest BCUT2D eigenvalue weighted by Crippen LogP contribution is -2.39. The van der Waals surface area contributed by atoms with Gasteiger partial charge in [0.25, 0.3) is 0 Å². The number of hydrazone groups is 1. The maximum atomic E-state index is 13.6. The van der Waals surface area contributed by atoms with Gasteiger partial charge in [-0.25, -0.2) is 4.79 Å². The van der Waals surface area contributed by atoms with Gasteiger partial charge in [0.2, 0.25) is 0 Å². The minimum Gasteiger partial charge on any atom is -0.322 e. The van der Waals surface area contributed by atoms with Gasteiger partial charge in [0, 0.05) is 30.3 Å². The fourth-order valence-electron chi connectivity index (χ4n) is 4.97. The molecule has 6 nitrogen and oxygen atoms in total. The minimum atomic E-state index is -4.42. The Morgan fingerprint density at radius 2 is 1.87 bits per heavy atom. The van der Waals surface area contributed by atoms with E-state index in [9.17, 15) is 18.0 Å². The second-order valence-electron chi connectivity index (χ2n) is 9.40. The van der Waals surface area contributed by atoms with E-state index in [1.54, 1.807) is 13.4 Å². The second-order valence-corrected chi connectivity index (χ2v) is 11.7. The molecule has 0 spiro atoms. The zero-order valence-electron chi connectivity index (χ0n) is 21.0.